The van der Waals surface area contributed by atoms with Crippen LogP contribution >= 0.6 is 0 Å². The van der Waals surface area contributed by atoms with Crippen LogP contribution in [0.3, 0.4) is 0 Å². The molecule has 0 radical (unpaired) electrons. The van der Waals surface area contributed by atoms with E-state index in [4.69, 9.17) is 14.3 Å². The van der Waals surface area contributed by atoms with Crippen LogP contribution < -0.4 is 0 Å². The number of furan rings is 1. The fourth-order valence-corrected chi connectivity index (χ4v) is 6.81. The second kappa shape index (κ2) is 10.1. The SMILES string of the molecule is CCN1C[C@H]2C3(CCN(C(=O)c4ccoc4)CC3)CC[C@@]2(C(=O)N2CCCC2)C1.O=C(O)C(F)(F)F. The first-order valence-corrected chi connectivity index (χ1v) is 12.7. The number of hydrogen-bond donors (Lipinski definition) is 1. The van der Waals surface area contributed by atoms with E-state index < -0.39 is 12.1 Å². The Morgan fingerprint density at radius 2 is 1.69 bits per heavy atom. The monoisotopic (exact) mass is 513 g/mol. The molecule has 1 spiro atoms. The molecule has 2 atom stereocenters. The van der Waals surface area contributed by atoms with Gasteiger partial charge in [-0.1, -0.05) is 6.92 Å². The van der Waals surface area contributed by atoms with E-state index in [1.54, 1.807) is 12.3 Å². The predicted molar refractivity (Wildman–Crippen MR) is 123 cm³/mol. The lowest BCUT2D eigenvalue weighted by atomic mass is 9.65. The maximum atomic E-state index is 13.7. The highest BCUT2D eigenvalue weighted by Crippen LogP contribution is 2.62. The Balaban J connectivity index is 0.000000384. The van der Waals surface area contributed by atoms with Crippen LogP contribution in [0.15, 0.2) is 23.0 Å². The minimum atomic E-state index is -5.08. The minimum absolute atomic E-state index is 0.0765. The number of nitrogens with zero attached hydrogens (tertiary/aromatic N) is 3. The number of likely N-dealkylation sites (tertiary alicyclic amines) is 3. The van der Waals surface area contributed by atoms with Gasteiger partial charge in [0.25, 0.3) is 5.91 Å². The summed E-state index contributed by atoms with van der Waals surface area (Å²) in [6.07, 6.45) is 4.54. The minimum Gasteiger partial charge on any atom is -0.475 e. The summed E-state index contributed by atoms with van der Waals surface area (Å²) >= 11 is 0. The van der Waals surface area contributed by atoms with Gasteiger partial charge in [0.05, 0.1) is 17.2 Å². The van der Waals surface area contributed by atoms with Crippen molar-refractivity contribution < 1.29 is 37.1 Å². The number of halogens is 3. The third-order valence-corrected chi connectivity index (χ3v) is 8.75. The molecule has 36 heavy (non-hydrogen) atoms. The molecule has 1 aliphatic carbocycles. The number of rotatable bonds is 3. The average Bonchev–Trinajstić information content (AvgIpc) is 3.65. The van der Waals surface area contributed by atoms with Crippen LogP contribution in [0.5, 0.6) is 0 Å². The molecule has 1 aromatic rings. The fourth-order valence-electron chi connectivity index (χ4n) is 6.81. The largest absolute Gasteiger partial charge is 0.490 e. The molecule has 1 N–H and O–H groups in total. The lowest BCUT2D eigenvalue weighted by Crippen LogP contribution is -2.50. The summed E-state index contributed by atoms with van der Waals surface area (Å²) in [7, 11) is 0. The summed E-state index contributed by atoms with van der Waals surface area (Å²) in [5.74, 6) is -1.81. The van der Waals surface area contributed by atoms with E-state index in [1.165, 1.54) is 6.26 Å². The zero-order chi connectivity index (χ0) is 26.1. The highest BCUT2D eigenvalue weighted by atomic mass is 19.4. The van der Waals surface area contributed by atoms with Gasteiger partial charge >= 0.3 is 12.1 Å². The highest BCUT2D eigenvalue weighted by molar-refractivity contribution is 5.93. The number of fused-ring (bicyclic) bond motifs is 2. The van der Waals surface area contributed by atoms with Gasteiger partial charge in [-0.25, -0.2) is 4.79 Å². The smallest absolute Gasteiger partial charge is 0.475 e. The summed E-state index contributed by atoms with van der Waals surface area (Å²) in [4.78, 5) is 42.0. The molecule has 0 unspecified atom stereocenters. The molecule has 0 aromatic carbocycles. The number of hydrogen-bond acceptors (Lipinski definition) is 5. The topological polar surface area (TPSA) is 94.3 Å². The van der Waals surface area contributed by atoms with Crippen molar-refractivity contribution in [3.05, 3.63) is 24.2 Å². The van der Waals surface area contributed by atoms with Crippen molar-refractivity contribution >= 4 is 17.8 Å². The molecule has 2 amide bonds. The van der Waals surface area contributed by atoms with E-state index >= 15 is 0 Å². The summed E-state index contributed by atoms with van der Waals surface area (Å²) in [6.45, 7) is 8.69. The van der Waals surface area contributed by atoms with Crippen LogP contribution in [0, 0.1) is 16.7 Å². The van der Waals surface area contributed by atoms with Gasteiger partial charge in [0.2, 0.25) is 5.91 Å². The maximum absolute atomic E-state index is 13.7. The number of carboxylic acids is 1. The van der Waals surface area contributed by atoms with Gasteiger partial charge in [0.15, 0.2) is 0 Å². The molecule has 4 fully saturated rings. The van der Waals surface area contributed by atoms with Crippen molar-refractivity contribution in [1.29, 1.82) is 0 Å². The van der Waals surface area contributed by atoms with Gasteiger partial charge in [-0.05, 0) is 62.5 Å². The normalized spacial score (nSPS) is 27.6. The molecule has 200 valence electrons. The molecule has 0 bridgehead atoms. The molecule has 1 saturated carbocycles. The first-order chi connectivity index (χ1) is 17.0. The van der Waals surface area contributed by atoms with E-state index in [0.29, 0.717) is 17.4 Å². The molecule has 4 heterocycles. The van der Waals surface area contributed by atoms with Crippen LogP contribution in [0.4, 0.5) is 13.2 Å². The molecule has 3 saturated heterocycles. The van der Waals surface area contributed by atoms with Crippen molar-refractivity contribution in [2.24, 2.45) is 16.7 Å². The highest BCUT2D eigenvalue weighted by Gasteiger charge is 2.64. The Kier molecular flexibility index (Phi) is 7.41. The molecule has 11 heteroatoms. The van der Waals surface area contributed by atoms with E-state index in [2.05, 4.69) is 16.7 Å². The molecule has 4 aliphatic rings. The summed E-state index contributed by atoms with van der Waals surface area (Å²) < 4.78 is 36.8. The van der Waals surface area contributed by atoms with Gasteiger partial charge in [-0.15, -0.1) is 0 Å². The Bertz CT molecular complexity index is 953. The van der Waals surface area contributed by atoms with Crippen LogP contribution in [0.2, 0.25) is 0 Å². The van der Waals surface area contributed by atoms with Gasteiger partial charge in [0, 0.05) is 39.3 Å². The number of carbonyl (C=O) groups is 3. The van der Waals surface area contributed by atoms with Crippen molar-refractivity contribution in [3.8, 4) is 0 Å². The molecule has 1 aromatic heterocycles. The van der Waals surface area contributed by atoms with Crippen LogP contribution in [0.25, 0.3) is 0 Å². The number of piperidine rings is 1. The Morgan fingerprint density at radius 1 is 1.06 bits per heavy atom. The van der Waals surface area contributed by atoms with Gasteiger partial charge in [-0.3, -0.25) is 9.59 Å². The zero-order valence-electron chi connectivity index (χ0n) is 20.6. The second-order valence-electron chi connectivity index (χ2n) is 10.5. The first kappa shape index (κ1) is 26.5. The number of carbonyl (C=O) groups excluding carboxylic acids is 2. The van der Waals surface area contributed by atoms with Crippen LogP contribution in [-0.4, -0.2) is 89.6 Å². The summed E-state index contributed by atoms with van der Waals surface area (Å²) in [5, 5.41) is 7.12. The lowest BCUT2D eigenvalue weighted by molar-refractivity contribution is -0.192. The summed E-state index contributed by atoms with van der Waals surface area (Å²) in [5.41, 5.74) is 0.674. The second-order valence-corrected chi connectivity index (χ2v) is 10.5. The van der Waals surface area contributed by atoms with Crippen LogP contribution in [-0.2, 0) is 9.59 Å². The van der Waals surface area contributed by atoms with Crippen molar-refractivity contribution in [1.82, 2.24) is 14.7 Å². The van der Waals surface area contributed by atoms with Crippen molar-refractivity contribution in [3.63, 3.8) is 0 Å². The van der Waals surface area contributed by atoms with E-state index in [9.17, 15) is 22.8 Å². The first-order valence-electron chi connectivity index (χ1n) is 12.7. The third kappa shape index (κ3) is 4.86. The average molecular weight is 514 g/mol. The Morgan fingerprint density at radius 3 is 2.22 bits per heavy atom. The van der Waals surface area contributed by atoms with Gasteiger partial charge in [-0.2, -0.15) is 13.2 Å². The van der Waals surface area contributed by atoms with Gasteiger partial charge < -0.3 is 24.2 Å². The Labute approximate surface area is 208 Å². The molecule has 8 nitrogen and oxygen atoms in total. The quantitative estimate of drug-likeness (QED) is 0.665. The Hall–Kier alpha value is -2.56. The molecule has 5 rings (SSSR count). The lowest BCUT2D eigenvalue weighted by Gasteiger charge is -2.44. The van der Waals surface area contributed by atoms with E-state index in [-0.39, 0.29) is 16.7 Å². The molecule has 3 aliphatic heterocycles. The number of amides is 2. The van der Waals surface area contributed by atoms with Crippen LogP contribution in [0.1, 0.15) is 55.8 Å². The maximum Gasteiger partial charge on any atom is 0.490 e. The van der Waals surface area contributed by atoms with Crippen molar-refractivity contribution in [2.75, 3.05) is 45.8 Å². The van der Waals surface area contributed by atoms with Gasteiger partial charge in [0.1, 0.15) is 6.26 Å². The van der Waals surface area contributed by atoms with E-state index in [0.717, 1.165) is 84.3 Å². The zero-order valence-corrected chi connectivity index (χ0v) is 20.6. The standard InChI is InChI=1S/C23H33N3O3.C2HF3O2/c1-2-24-15-19-22(6-7-23(19,17-24)21(28)26-10-3-4-11-26)8-12-25(13-9-22)20(27)18-5-14-29-16-18;3-2(4,5)1(6)7/h5,14,16,19H,2-4,6-13,15,17H2,1H3;(H,6,7)/t19-,23+;/m0./s1. The number of aliphatic carboxylic acids is 1. The number of alkyl halides is 3. The predicted octanol–water partition coefficient (Wildman–Crippen LogP) is 3.49. The number of carboxylic acid groups (broad SMARTS) is 1. The third-order valence-electron chi connectivity index (χ3n) is 8.75. The summed E-state index contributed by atoms with van der Waals surface area (Å²) in [6, 6.07) is 1.75. The van der Waals surface area contributed by atoms with Crippen molar-refractivity contribution in [2.45, 2.75) is 51.6 Å². The molecular formula is C25H34F3N3O5. The molecular weight excluding hydrogens is 479 g/mol. The van der Waals surface area contributed by atoms with E-state index in [1.807, 2.05) is 4.90 Å². The fraction of sp³-hybridized carbons (Fsp3) is 0.720.